The Hall–Kier alpha value is -2.83. The van der Waals surface area contributed by atoms with Gasteiger partial charge in [-0.05, 0) is 37.1 Å². The van der Waals surface area contributed by atoms with Crippen molar-refractivity contribution >= 4 is 5.91 Å². The molecule has 1 aliphatic carbocycles. The van der Waals surface area contributed by atoms with Crippen LogP contribution in [0.25, 0.3) is 11.3 Å². The first-order valence-electron chi connectivity index (χ1n) is 7.70. The van der Waals surface area contributed by atoms with Crippen molar-refractivity contribution in [1.29, 1.82) is 0 Å². The Bertz CT molecular complexity index is 812. The van der Waals surface area contributed by atoms with E-state index in [1.807, 2.05) is 6.07 Å². The number of rotatable bonds is 6. The summed E-state index contributed by atoms with van der Waals surface area (Å²) in [5, 5.41) is 7.13. The Morgan fingerprint density at radius 3 is 2.62 bits per heavy atom. The predicted octanol–water partition coefficient (Wildman–Crippen LogP) is 1.21. The minimum Gasteiger partial charge on any atom is -0.493 e. The average Bonchev–Trinajstić information content (AvgIpc) is 3.40. The molecule has 1 fully saturated rings. The summed E-state index contributed by atoms with van der Waals surface area (Å²) in [6, 6.07) is 8.65. The number of methoxy groups -OCH3 is 2. The smallest absolute Gasteiger partial charge is 0.267 e. The second kappa shape index (κ2) is 6.74. The lowest BCUT2D eigenvalue weighted by Crippen LogP contribution is -2.34. The molecular weight excluding hydrogens is 310 g/mol. The van der Waals surface area contributed by atoms with E-state index in [0.717, 1.165) is 18.4 Å². The van der Waals surface area contributed by atoms with Crippen molar-refractivity contribution in [3.05, 3.63) is 40.7 Å². The summed E-state index contributed by atoms with van der Waals surface area (Å²) in [5.74, 6) is 0.982. The number of carbonyl (C=O) groups excluding carboxylic acids is 1. The fraction of sp³-hybridized carbons (Fsp3) is 0.353. The molecule has 126 valence electrons. The number of benzene rings is 1. The van der Waals surface area contributed by atoms with Crippen LogP contribution in [0.5, 0.6) is 11.5 Å². The second-order valence-electron chi connectivity index (χ2n) is 5.63. The maximum atomic E-state index is 11.9. The third-order valence-electron chi connectivity index (χ3n) is 3.78. The highest BCUT2D eigenvalue weighted by molar-refractivity contribution is 5.76. The zero-order chi connectivity index (χ0) is 17.1. The van der Waals surface area contributed by atoms with E-state index in [9.17, 15) is 9.59 Å². The van der Waals surface area contributed by atoms with Crippen molar-refractivity contribution in [2.24, 2.45) is 0 Å². The summed E-state index contributed by atoms with van der Waals surface area (Å²) in [6.45, 7) is -0.0868. The van der Waals surface area contributed by atoms with Gasteiger partial charge in [-0.1, -0.05) is 0 Å². The SMILES string of the molecule is COc1ccc(-c2ccc(=O)n(CC(=O)NC3CC3)n2)cc1OC. The number of aromatic nitrogens is 2. The first-order chi connectivity index (χ1) is 11.6. The van der Waals surface area contributed by atoms with E-state index < -0.39 is 0 Å². The van der Waals surface area contributed by atoms with E-state index in [1.165, 1.54) is 10.7 Å². The van der Waals surface area contributed by atoms with Crippen LogP contribution in [0.1, 0.15) is 12.8 Å². The van der Waals surface area contributed by atoms with E-state index in [0.29, 0.717) is 17.2 Å². The molecule has 7 nitrogen and oxygen atoms in total. The van der Waals surface area contributed by atoms with Crippen LogP contribution in [0, 0.1) is 0 Å². The fourth-order valence-corrected chi connectivity index (χ4v) is 2.35. The topological polar surface area (TPSA) is 82.5 Å². The molecule has 1 aliphatic rings. The quantitative estimate of drug-likeness (QED) is 0.861. The second-order valence-corrected chi connectivity index (χ2v) is 5.63. The largest absolute Gasteiger partial charge is 0.493 e. The maximum absolute atomic E-state index is 11.9. The van der Waals surface area contributed by atoms with Crippen LogP contribution in [-0.4, -0.2) is 35.9 Å². The lowest BCUT2D eigenvalue weighted by Gasteiger charge is -2.10. The summed E-state index contributed by atoms with van der Waals surface area (Å²) in [6.07, 6.45) is 2.00. The molecule has 0 radical (unpaired) electrons. The van der Waals surface area contributed by atoms with Crippen LogP contribution in [0.3, 0.4) is 0 Å². The van der Waals surface area contributed by atoms with Crippen LogP contribution in [-0.2, 0) is 11.3 Å². The van der Waals surface area contributed by atoms with Gasteiger partial charge in [-0.15, -0.1) is 0 Å². The monoisotopic (exact) mass is 329 g/mol. The number of ether oxygens (including phenoxy) is 2. The molecule has 0 aliphatic heterocycles. The van der Waals surface area contributed by atoms with Crippen molar-refractivity contribution in [3.63, 3.8) is 0 Å². The van der Waals surface area contributed by atoms with Gasteiger partial charge >= 0.3 is 0 Å². The first kappa shape index (κ1) is 16.0. The zero-order valence-corrected chi connectivity index (χ0v) is 13.6. The lowest BCUT2D eigenvalue weighted by atomic mass is 10.1. The third kappa shape index (κ3) is 3.56. The number of hydrogen-bond acceptors (Lipinski definition) is 5. The van der Waals surface area contributed by atoms with Gasteiger partial charge in [-0.25, -0.2) is 4.68 Å². The molecular formula is C17H19N3O4. The average molecular weight is 329 g/mol. The van der Waals surface area contributed by atoms with Crippen LogP contribution in [0.15, 0.2) is 35.1 Å². The Morgan fingerprint density at radius 2 is 1.96 bits per heavy atom. The molecule has 0 bridgehead atoms. The van der Waals surface area contributed by atoms with Crippen LogP contribution < -0.4 is 20.3 Å². The van der Waals surface area contributed by atoms with Gasteiger partial charge in [0, 0.05) is 17.7 Å². The summed E-state index contributed by atoms with van der Waals surface area (Å²) >= 11 is 0. The Morgan fingerprint density at radius 1 is 1.21 bits per heavy atom. The molecule has 1 heterocycles. The molecule has 7 heteroatoms. The van der Waals surface area contributed by atoms with Crippen molar-refractivity contribution < 1.29 is 14.3 Å². The van der Waals surface area contributed by atoms with Gasteiger partial charge in [0.1, 0.15) is 6.54 Å². The van der Waals surface area contributed by atoms with Gasteiger partial charge in [0.25, 0.3) is 5.56 Å². The minimum absolute atomic E-state index is 0.0868. The van der Waals surface area contributed by atoms with E-state index in [4.69, 9.17) is 9.47 Å². The summed E-state index contributed by atoms with van der Waals surface area (Å²) in [5.41, 5.74) is 1.03. The van der Waals surface area contributed by atoms with Crippen LogP contribution in [0.4, 0.5) is 0 Å². The molecule has 0 saturated heterocycles. The van der Waals surface area contributed by atoms with Gasteiger partial charge in [-0.3, -0.25) is 9.59 Å². The van der Waals surface area contributed by atoms with Crippen molar-refractivity contribution in [1.82, 2.24) is 15.1 Å². The third-order valence-corrected chi connectivity index (χ3v) is 3.78. The predicted molar refractivity (Wildman–Crippen MR) is 88.2 cm³/mol. The number of carbonyl (C=O) groups is 1. The number of hydrogen-bond donors (Lipinski definition) is 1. The van der Waals surface area contributed by atoms with Gasteiger partial charge in [0.2, 0.25) is 5.91 Å². The normalized spacial score (nSPS) is 13.4. The van der Waals surface area contributed by atoms with Crippen molar-refractivity contribution in [2.75, 3.05) is 14.2 Å². The van der Waals surface area contributed by atoms with Gasteiger partial charge in [0.15, 0.2) is 11.5 Å². The highest BCUT2D eigenvalue weighted by Gasteiger charge is 2.23. The zero-order valence-electron chi connectivity index (χ0n) is 13.6. The van der Waals surface area contributed by atoms with E-state index in [2.05, 4.69) is 10.4 Å². The molecule has 1 aromatic carbocycles. The van der Waals surface area contributed by atoms with E-state index in [-0.39, 0.29) is 24.1 Å². The molecule has 1 aromatic heterocycles. The Balaban J connectivity index is 1.87. The molecule has 0 spiro atoms. The Labute approximate surface area is 139 Å². The van der Waals surface area contributed by atoms with E-state index in [1.54, 1.807) is 32.4 Å². The molecule has 1 saturated carbocycles. The molecule has 0 atom stereocenters. The maximum Gasteiger partial charge on any atom is 0.267 e. The summed E-state index contributed by atoms with van der Waals surface area (Å²) in [4.78, 5) is 23.8. The van der Waals surface area contributed by atoms with E-state index >= 15 is 0 Å². The number of nitrogens with one attached hydrogen (secondary N) is 1. The summed E-state index contributed by atoms with van der Waals surface area (Å²) in [7, 11) is 3.12. The number of amides is 1. The standard InChI is InChI=1S/C17H19N3O4/c1-23-14-7-3-11(9-15(14)24-2)13-6-8-17(22)20(19-13)10-16(21)18-12-4-5-12/h3,6-9,12H,4-5,10H2,1-2H3,(H,18,21). The molecule has 0 unspecified atom stereocenters. The summed E-state index contributed by atoms with van der Waals surface area (Å²) < 4.78 is 11.7. The molecule has 24 heavy (non-hydrogen) atoms. The highest BCUT2D eigenvalue weighted by Crippen LogP contribution is 2.31. The molecule has 3 rings (SSSR count). The van der Waals surface area contributed by atoms with Crippen molar-refractivity contribution in [2.45, 2.75) is 25.4 Å². The molecule has 2 aromatic rings. The van der Waals surface area contributed by atoms with Gasteiger partial charge < -0.3 is 14.8 Å². The lowest BCUT2D eigenvalue weighted by molar-refractivity contribution is -0.122. The van der Waals surface area contributed by atoms with Gasteiger partial charge in [-0.2, -0.15) is 5.10 Å². The number of nitrogens with zero attached hydrogens (tertiary/aromatic N) is 2. The molecule has 1 amide bonds. The molecule has 1 N–H and O–H groups in total. The first-order valence-corrected chi connectivity index (χ1v) is 7.70. The Kier molecular flexibility index (Phi) is 4.50. The fourth-order valence-electron chi connectivity index (χ4n) is 2.35. The minimum atomic E-state index is -0.315. The van der Waals surface area contributed by atoms with Crippen LogP contribution in [0.2, 0.25) is 0 Å². The highest BCUT2D eigenvalue weighted by atomic mass is 16.5. The van der Waals surface area contributed by atoms with Crippen molar-refractivity contribution in [3.8, 4) is 22.8 Å². The van der Waals surface area contributed by atoms with Crippen LogP contribution >= 0.6 is 0 Å². The van der Waals surface area contributed by atoms with Gasteiger partial charge in [0.05, 0.1) is 19.9 Å².